The SMILES string of the molecule is O=C(Nc1cncc2ccccc12)C1CN(C(=O)C2CC2)Cc2ccc(Cl)cc21. The molecular formula is C23H20ClN3O2. The van der Waals surface area contributed by atoms with Gasteiger partial charge in [0.2, 0.25) is 11.8 Å². The summed E-state index contributed by atoms with van der Waals surface area (Å²) in [4.78, 5) is 32.1. The molecule has 2 aromatic carbocycles. The number of rotatable bonds is 3. The minimum absolute atomic E-state index is 0.120. The normalized spacial score (nSPS) is 18.4. The average Bonchev–Trinajstić information content (AvgIpc) is 3.58. The summed E-state index contributed by atoms with van der Waals surface area (Å²) >= 11 is 6.22. The Balaban J connectivity index is 1.48. The molecule has 1 unspecified atom stereocenters. The minimum atomic E-state index is -0.473. The third kappa shape index (κ3) is 3.47. The molecule has 0 bridgehead atoms. The molecule has 1 aliphatic heterocycles. The molecule has 29 heavy (non-hydrogen) atoms. The molecule has 1 atom stereocenters. The Hall–Kier alpha value is -2.92. The van der Waals surface area contributed by atoms with E-state index in [9.17, 15) is 9.59 Å². The number of aromatic nitrogens is 1. The van der Waals surface area contributed by atoms with Gasteiger partial charge >= 0.3 is 0 Å². The number of hydrogen-bond donors (Lipinski definition) is 1. The first-order valence-corrected chi connectivity index (χ1v) is 10.2. The van der Waals surface area contributed by atoms with Gasteiger partial charge in [0, 0.05) is 41.0 Å². The van der Waals surface area contributed by atoms with Crippen molar-refractivity contribution in [2.75, 3.05) is 11.9 Å². The van der Waals surface area contributed by atoms with E-state index in [-0.39, 0.29) is 17.7 Å². The third-order valence-electron chi connectivity index (χ3n) is 5.73. The van der Waals surface area contributed by atoms with Crippen LogP contribution in [0.3, 0.4) is 0 Å². The van der Waals surface area contributed by atoms with Crippen LogP contribution in [0.5, 0.6) is 0 Å². The minimum Gasteiger partial charge on any atom is -0.337 e. The van der Waals surface area contributed by atoms with Crippen LogP contribution in [-0.4, -0.2) is 28.2 Å². The first-order valence-electron chi connectivity index (χ1n) is 9.81. The number of nitrogens with zero attached hydrogens (tertiary/aromatic N) is 2. The average molecular weight is 406 g/mol. The highest BCUT2D eigenvalue weighted by Gasteiger charge is 2.38. The number of halogens is 1. The number of nitrogens with one attached hydrogen (secondary N) is 1. The van der Waals surface area contributed by atoms with Gasteiger partial charge in [-0.05, 0) is 36.1 Å². The summed E-state index contributed by atoms with van der Waals surface area (Å²) in [5.41, 5.74) is 2.54. The van der Waals surface area contributed by atoms with Crippen molar-refractivity contribution >= 4 is 39.9 Å². The van der Waals surface area contributed by atoms with Crippen molar-refractivity contribution < 1.29 is 9.59 Å². The lowest BCUT2D eigenvalue weighted by molar-refractivity contribution is -0.134. The molecule has 146 valence electrons. The number of hydrogen-bond acceptors (Lipinski definition) is 3. The Labute approximate surface area is 173 Å². The largest absolute Gasteiger partial charge is 0.337 e. The summed E-state index contributed by atoms with van der Waals surface area (Å²) in [6, 6.07) is 13.4. The van der Waals surface area contributed by atoms with Crippen LogP contribution in [-0.2, 0) is 16.1 Å². The van der Waals surface area contributed by atoms with Crippen LogP contribution in [0.1, 0.15) is 29.9 Å². The molecule has 5 rings (SSSR count). The van der Waals surface area contributed by atoms with E-state index >= 15 is 0 Å². The highest BCUT2D eigenvalue weighted by atomic mass is 35.5. The molecule has 2 aliphatic rings. The predicted molar refractivity (Wildman–Crippen MR) is 113 cm³/mol. The van der Waals surface area contributed by atoms with Crippen LogP contribution in [0.2, 0.25) is 5.02 Å². The summed E-state index contributed by atoms with van der Waals surface area (Å²) < 4.78 is 0. The fourth-order valence-electron chi connectivity index (χ4n) is 4.04. The van der Waals surface area contributed by atoms with E-state index in [0.717, 1.165) is 34.7 Å². The maximum absolute atomic E-state index is 13.3. The molecule has 1 aromatic heterocycles. The van der Waals surface area contributed by atoms with Crippen LogP contribution in [0.25, 0.3) is 10.8 Å². The maximum Gasteiger partial charge on any atom is 0.233 e. The first kappa shape index (κ1) is 18.1. The molecule has 3 aromatic rings. The van der Waals surface area contributed by atoms with Crippen molar-refractivity contribution in [3.63, 3.8) is 0 Å². The molecule has 5 nitrogen and oxygen atoms in total. The number of carbonyl (C=O) groups excluding carboxylic acids is 2. The summed E-state index contributed by atoms with van der Waals surface area (Å²) in [7, 11) is 0. The second-order valence-electron chi connectivity index (χ2n) is 7.79. The van der Waals surface area contributed by atoms with Gasteiger partial charge in [0.1, 0.15) is 0 Å². The number of pyridine rings is 1. The van der Waals surface area contributed by atoms with Gasteiger partial charge in [-0.3, -0.25) is 14.6 Å². The van der Waals surface area contributed by atoms with E-state index in [0.29, 0.717) is 23.8 Å². The number of carbonyl (C=O) groups is 2. The highest BCUT2D eigenvalue weighted by Crippen LogP contribution is 2.37. The zero-order valence-corrected chi connectivity index (χ0v) is 16.5. The molecule has 1 N–H and O–H groups in total. The van der Waals surface area contributed by atoms with Crippen molar-refractivity contribution in [1.82, 2.24) is 9.88 Å². The summed E-state index contributed by atoms with van der Waals surface area (Å²) in [5, 5.41) is 5.52. The molecule has 1 saturated carbocycles. The molecule has 1 fully saturated rings. The molecule has 2 amide bonds. The van der Waals surface area contributed by atoms with Gasteiger partial charge in [-0.15, -0.1) is 0 Å². The molecule has 0 radical (unpaired) electrons. The Kier molecular flexibility index (Phi) is 4.47. The Morgan fingerprint density at radius 3 is 2.76 bits per heavy atom. The number of fused-ring (bicyclic) bond motifs is 2. The van der Waals surface area contributed by atoms with Crippen molar-refractivity contribution in [2.45, 2.75) is 25.3 Å². The fraction of sp³-hybridized carbons (Fsp3) is 0.261. The van der Waals surface area contributed by atoms with Crippen LogP contribution < -0.4 is 5.32 Å². The summed E-state index contributed by atoms with van der Waals surface area (Å²) in [6.45, 7) is 0.897. The highest BCUT2D eigenvalue weighted by molar-refractivity contribution is 6.30. The van der Waals surface area contributed by atoms with Crippen LogP contribution in [0.15, 0.2) is 54.9 Å². The molecule has 2 heterocycles. The second kappa shape index (κ2) is 7.16. The second-order valence-corrected chi connectivity index (χ2v) is 8.22. The van der Waals surface area contributed by atoms with Gasteiger partial charge in [-0.25, -0.2) is 0 Å². The van der Waals surface area contributed by atoms with Crippen LogP contribution >= 0.6 is 11.6 Å². The van der Waals surface area contributed by atoms with Gasteiger partial charge in [0.15, 0.2) is 0 Å². The molecule has 0 saturated heterocycles. The molecule has 1 aliphatic carbocycles. The predicted octanol–water partition coefficient (Wildman–Crippen LogP) is 4.36. The van der Waals surface area contributed by atoms with E-state index in [1.807, 2.05) is 47.4 Å². The topological polar surface area (TPSA) is 62.3 Å². The molecule has 0 spiro atoms. The fourth-order valence-corrected chi connectivity index (χ4v) is 4.22. The lowest BCUT2D eigenvalue weighted by atomic mass is 9.88. The van der Waals surface area contributed by atoms with E-state index < -0.39 is 5.92 Å². The zero-order chi connectivity index (χ0) is 20.0. The van der Waals surface area contributed by atoms with E-state index in [4.69, 9.17) is 11.6 Å². The van der Waals surface area contributed by atoms with Crippen molar-refractivity contribution in [3.05, 3.63) is 71.0 Å². The molecule has 6 heteroatoms. The quantitative estimate of drug-likeness (QED) is 0.704. The van der Waals surface area contributed by atoms with Gasteiger partial charge in [0.25, 0.3) is 0 Å². The monoisotopic (exact) mass is 405 g/mol. The lowest BCUT2D eigenvalue weighted by Crippen LogP contribution is -2.42. The number of anilines is 1. The standard InChI is InChI=1S/C23H20ClN3O2/c24-17-8-7-16-12-27(23(29)14-5-6-14)13-20(19(16)9-17)22(28)26-21-11-25-10-15-3-1-2-4-18(15)21/h1-4,7-11,14,20H,5-6,12-13H2,(H,26,28). The van der Waals surface area contributed by atoms with E-state index in [1.165, 1.54) is 0 Å². The van der Waals surface area contributed by atoms with Crippen molar-refractivity contribution in [1.29, 1.82) is 0 Å². The van der Waals surface area contributed by atoms with Crippen LogP contribution in [0.4, 0.5) is 5.69 Å². The smallest absolute Gasteiger partial charge is 0.233 e. The zero-order valence-electron chi connectivity index (χ0n) is 15.8. The van der Waals surface area contributed by atoms with Gasteiger partial charge in [0.05, 0.1) is 17.8 Å². The lowest BCUT2D eigenvalue weighted by Gasteiger charge is -2.34. The Morgan fingerprint density at radius 1 is 1.10 bits per heavy atom. The molecular weight excluding hydrogens is 386 g/mol. The van der Waals surface area contributed by atoms with E-state index in [1.54, 1.807) is 12.4 Å². The summed E-state index contributed by atoms with van der Waals surface area (Å²) in [6.07, 6.45) is 5.33. The Bertz CT molecular complexity index is 1120. The van der Waals surface area contributed by atoms with E-state index in [2.05, 4.69) is 10.3 Å². The van der Waals surface area contributed by atoms with Gasteiger partial charge in [-0.1, -0.05) is 41.9 Å². The van der Waals surface area contributed by atoms with Gasteiger partial charge < -0.3 is 10.2 Å². The van der Waals surface area contributed by atoms with Crippen LogP contribution in [0, 0.1) is 5.92 Å². The number of benzene rings is 2. The Morgan fingerprint density at radius 2 is 1.93 bits per heavy atom. The third-order valence-corrected chi connectivity index (χ3v) is 5.96. The number of amides is 2. The van der Waals surface area contributed by atoms with Crippen molar-refractivity contribution in [3.8, 4) is 0 Å². The van der Waals surface area contributed by atoms with Gasteiger partial charge in [-0.2, -0.15) is 0 Å². The van der Waals surface area contributed by atoms with Crippen molar-refractivity contribution in [2.24, 2.45) is 5.92 Å². The first-order chi connectivity index (χ1) is 14.1. The maximum atomic E-state index is 13.3. The summed E-state index contributed by atoms with van der Waals surface area (Å²) in [5.74, 6) is -0.357.